The molecule has 2 aliphatic heterocycles. The van der Waals surface area contributed by atoms with E-state index in [1.807, 2.05) is 11.8 Å². The number of unbranched alkanes of at least 4 members (excludes halogenated alkanes) is 2. The Bertz CT molecular complexity index is 1500. The third-order valence-corrected chi connectivity index (χ3v) is 10.8. The second-order valence-corrected chi connectivity index (χ2v) is 16.0. The molecule has 2 fully saturated rings. The van der Waals surface area contributed by atoms with Gasteiger partial charge >= 0.3 is 12.0 Å². The van der Waals surface area contributed by atoms with Crippen LogP contribution in [-0.2, 0) is 43.2 Å². The SMILES string of the molecule is CC(C)CC(CC(=O)NO)C(=O)N[C@@H](CC(=O)O)C(=O)N[C@@H](C)C(=O)NCC(=O)NCC(=O)N[C@@H](CCCCNC(=O)CCCC[C@@H]1SC[C@@H]2NC(=O)N[C@@H]21)C(N)=O. The molecule has 10 amide bonds. The minimum Gasteiger partial charge on any atom is -0.481 e. The highest BCUT2D eigenvalue weighted by Crippen LogP contribution is 2.33. The normalized spacial score (nSPS) is 18.8. The van der Waals surface area contributed by atoms with Gasteiger partial charge in [-0.3, -0.25) is 48.4 Å². The van der Waals surface area contributed by atoms with Crippen molar-refractivity contribution in [3.05, 3.63) is 0 Å². The lowest BCUT2D eigenvalue weighted by Crippen LogP contribution is -2.55. The standard InChI is InChI=1S/C35H58N10O12S/c1-18(2)12-20(13-26(47)45-57)33(54)42-22(14-29(50)51)34(55)40-19(3)32(53)39-15-27(48)38-16-28(49)41-21(31(36)52)8-6-7-11-37-25(46)10-5-4-9-24-30-23(17-58-24)43-35(56)44-30/h18-24,30,57H,4-17H2,1-3H3,(H2,36,52)(H,37,46)(H,38,48)(H,39,53)(H,40,55)(H,41,49)(H,42,54)(H,45,47)(H,50,51)(H2,43,44,56)/t19-,20?,21-,22-,23-,24-,30-/m0/s1. The number of carbonyl (C=O) groups excluding carboxylic acids is 9. The number of primary amides is 1. The molecule has 0 radical (unpaired) electrons. The maximum absolute atomic E-state index is 12.9. The summed E-state index contributed by atoms with van der Waals surface area (Å²) in [5.74, 6) is -7.57. The van der Waals surface area contributed by atoms with E-state index in [2.05, 4.69) is 42.5 Å². The zero-order valence-electron chi connectivity index (χ0n) is 33.0. The van der Waals surface area contributed by atoms with E-state index in [4.69, 9.17) is 10.9 Å². The molecule has 0 aromatic rings. The summed E-state index contributed by atoms with van der Waals surface area (Å²) in [4.78, 5) is 122. The molecule has 0 spiro atoms. The highest BCUT2D eigenvalue weighted by molar-refractivity contribution is 8.00. The number of carboxylic acid groups (broad SMARTS) is 1. The smallest absolute Gasteiger partial charge is 0.315 e. The summed E-state index contributed by atoms with van der Waals surface area (Å²) < 4.78 is 0. The van der Waals surface area contributed by atoms with E-state index in [0.717, 1.165) is 18.6 Å². The summed E-state index contributed by atoms with van der Waals surface area (Å²) in [6, 6.07) is -3.80. The van der Waals surface area contributed by atoms with E-state index >= 15 is 0 Å². The first-order valence-electron chi connectivity index (χ1n) is 19.2. The highest BCUT2D eigenvalue weighted by atomic mass is 32.2. The number of urea groups is 1. The fourth-order valence-electron chi connectivity index (χ4n) is 6.33. The van der Waals surface area contributed by atoms with Gasteiger partial charge in [0.1, 0.15) is 18.1 Å². The minimum atomic E-state index is -1.63. The van der Waals surface area contributed by atoms with Gasteiger partial charge in [-0.2, -0.15) is 11.8 Å². The third-order valence-electron chi connectivity index (χ3n) is 9.32. The second kappa shape index (κ2) is 25.2. The Morgan fingerprint density at radius 1 is 0.776 bits per heavy atom. The van der Waals surface area contributed by atoms with Gasteiger partial charge in [0, 0.05) is 36.3 Å². The molecule has 0 bridgehead atoms. The number of fused-ring (bicyclic) bond motifs is 1. The van der Waals surface area contributed by atoms with Crippen LogP contribution in [0.1, 0.15) is 85.0 Å². The van der Waals surface area contributed by atoms with Crippen LogP contribution < -0.4 is 53.7 Å². The molecule has 2 aliphatic rings. The molecule has 13 N–H and O–H groups in total. The van der Waals surface area contributed by atoms with E-state index in [0.29, 0.717) is 37.5 Å². The van der Waals surface area contributed by atoms with Crippen LogP contribution in [0, 0.1) is 11.8 Å². The number of thioether (sulfide) groups is 1. The topological polar surface area (TPSA) is 345 Å². The average Bonchev–Trinajstić information content (AvgIpc) is 3.71. The summed E-state index contributed by atoms with van der Waals surface area (Å²) >= 11 is 1.83. The Morgan fingerprint density at radius 2 is 1.48 bits per heavy atom. The van der Waals surface area contributed by atoms with Crippen molar-refractivity contribution in [1.29, 1.82) is 0 Å². The van der Waals surface area contributed by atoms with Gasteiger partial charge in [0.2, 0.25) is 47.3 Å². The van der Waals surface area contributed by atoms with Crippen LogP contribution in [-0.4, -0.2) is 130 Å². The predicted octanol–water partition coefficient (Wildman–Crippen LogP) is -2.78. The molecule has 7 atom stereocenters. The van der Waals surface area contributed by atoms with Gasteiger partial charge in [-0.15, -0.1) is 0 Å². The van der Waals surface area contributed by atoms with Crippen LogP contribution >= 0.6 is 11.8 Å². The van der Waals surface area contributed by atoms with Crippen molar-refractivity contribution in [3.63, 3.8) is 0 Å². The maximum atomic E-state index is 12.9. The zero-order valence-corrected chi connectivity index (χ0v) is 33.8. The molecule has 2 heterocycles. The summed E-state index contributed by atoms with van der Waals surface area (Å²) in [7, 11) is 0. The van der Waals surface area contributed by atoms with Gasteiger partial charge in [-0.25, -0.2) is 10.3 Å². The van der Waals surface area contributed by atoms with E-state index in [1.165, 1.54) is 12.4 Å². The average molecular weight is 843 g/mol. The molecule has 23 heteroatoms. The van der Waals surface area contributed by atoms with E-state index in [1.54, 1.807) is 13.8 Å². The zero-order chi connectivity index (χ0) is 43.4. The molecule has 58 heavy (non-hydrogen) atoms. The van der Waals surface area contributed by atoms with Gasteiger partial charge < -0.3 is 53.4 Å². The van der Waals surface area contributed by atoms with Crippen molar-refractivity contribution in [2.75, 3.05) is 25.4 Å². The van der Waals surface area contributed by atoms with Crippen LogP contribution in [0.3, 0.4) is 0 Å². The number of rotatable bonds is 27. The van der Waals surface area contributed by atoms with Gasteiger partial charge in [0.15, 0.2) is 0 Å². The first-order valence-corrected chi connectivity index (χ1v) is 20.3. The monoisotopic (exact) mass is 842 g/mol. The van der Waals surface area contributed by atoms with Crippen molar-refractivity contribution in [3.8, 4) is 0 Å². The molecule has 0 aromatic carbocycles. The lowest BCUT2D eigenvalue weighted by Gasteiger charge is -2.23. The second-order valence-electron chi connectivity index (χ2n) is 14.7. The lowest BCUT2D eigenvalue weighted by molar-refractivity contribution is -0.142. The molecule has 1 unspecified atom stereocenters. The molecular formula is C35H58N10O12S. The van der Waals surface area contributed by atoms with Gasteiger partial charge in [0.25, 0.3) is 0 Å². The number of nitrogens with two attached hydrogens (primary N) is 1. The summed E-state index contributed by atoms with van der Waals surface area (Å²) in [5, 5.41) is 38.7. The van der Waals surface area contributed by atoms with Crippen LogP contribution in [0.5, 0.6) is 0 Å². The molecule has 2 saturated heterocycles. The molecule has 326 valence electrons. The summed E-state index contributed by atoms with van der Waals surface area (Å²) in [6.07, 6.45) is 2.92. The number of carboxylic acids is 1. The maximum Gasteiger partial charge on any atom is 0.315 e. The van der Waals surface area contributed by atoms with Crippen LogP contribution in [0.15, 0.2) is 0 Å². The van der Waals surface area contributed by atoms with E-state index in [9.17, 15) is 53.1 Å². The van der Waals surface area contributed by atoms with Crippen LogP contribution in [0.2, 0.25) is 0 Å². The number of hydroxylamine groups is 1. The predicted molar refractivity (Wildman–Crippen MR) is 207 cm³/mol. The molecule has 22 nitrogen and oxygen atoms in total. The number of hydrogen-bond acceptors (Lipinski definition) is 12. The highest BCUT2D eigenvalue weighted by Gasteiger charge is 2.42. The molecular weight excluding hydrogens is 785 g/mol. The van der Waals surface area contributed by atoms with Crippen molar-refractivity contribution >= 4 is 71.0 Å². The van der Waals surface area contributed by atoms with Crippen molar-refractivity contribution < 1.29 is 58.3 Å². The fourth-order valence-corrected chi connectivity index (χ4v) is 7.87. The molecule has 0 aromatic heterocycles. The third kappa shape index (κ3) is 18.4. The van der Waals surface area contributed by atoms with Crippen molar-refractivity contribution in [2.24, 2.45) is 17.6 Å². The van der Waals surface area contributed by atoms with Gasteiger partial charge in [-0.05, 0) is 51.4 Å². The number of hydrogen-bond donors (Lipinski definition) is 12. The van der Waals surface area contributed by atoms with Gasteiger partial charge in [-0.1, -0.05) is 20.3 Å². The fraction of sp³-hybridized carbons (Fsp3) is 0.714. The van der Waals surface area contributed by atoms with E-state index in [-0.39, 0.29) is 42.8 Å². The molecule has 2 rings (SSSR count). The Balaban J connectivity index is 1.66. The molecule has 0 aliphatic carbocycles. The molecule has 0 saturated carbocycles. The first-order chi connectivity index (χ1) is 27.4. The minimum absolute atomic E-state index is 0.0693. The Kier molecular flexibility index (Phi) is 21.3. The quantitative estimate of drug-likeness (QED) is 0.0173. The Labute approximate surface area is 340 Å². The van der Waals surface area contributed by atoms with Crippen LogP contribution in [0.25, 0.3) is 0 Å². The Hall–Kier alpha value is -5.19. The number of carbonyl (C=O) groups is 10. The number of amides is 10. The summed E-state index contributed by atoms with van der Waals surface area (Å²) in [5.41, 5.74) is 6.85. The van der Waals surface area contributed by atoms with Crippen LogP contribution in [0.4, 0.5) is 4.79 Å². The van der Waals surface area contributed by atoms with Gasteiger partial charge in [0.05, 0.1) is 31.6 Å². The number of nitrogens with one attached hydrogen (secondary N) is 9. The number of aliphatic carboxylic acids is 1. The largest absolute Gasteiger partial charge is 0.481 e. The van der Waals surface area contributed by atoms with Crippen molar-refractivity contribution in [1.82, 2.24) is 48.0 Å². The van der Waals surface area contributed by atoms with E-state index < -0.39 is 97.3 Å². The van der Waals surface area contributed by atoms with Crippen molar-refractivity contribution in [2.45, 2.75) is 120 Å². The lowest BCUT2D eigenvalue weighted by atomic mass is 9.92. The summed E-state index contributed by atoms with van der Waals surface area (Å²) in [6.45, 7) is 3.99. The Morgan fingerprint density at radius 3 is 2.14 bits per heavy atom. The first kappa shape index (κ1) is 49.0.